The van der Waals surface area contributed by atoms with Gasteiger partial charge in [-0.25, -0.2) is 0 Å². The lowest BCUT2D eigenvalue weighted by Crippen LogP contribution is -2.66. The molecule has 1 unspecified atom stereocenters. The molecule has 7 nitrogen and oxygen atoms in total. The van der Waals surface area contributed by atoms with Gasteiger partial charge in [-0.05, 0) is 37.8 Å². The first-order valence-corrected chi connectivity index (χ1v) is 8.82. The number of hydrogen-bond donors (Lipinski definition) is 1. The summed E-state index contributed by atoms with van der Waals surface area (Å²) < 4.78 is 11.1. The fourth-order valence-electron chi connectivity index (χ4n) is 3.56. The van der Waals surface area contributed by atoms with Gasteiger partial charge in [0.2, 0.25) is 5.91 Å². The quantitative estimate of drug-likeness (QED) is 0.791. The van der Waals surface area contributed by atoms with E-state index in [1.54, 1.807) is 29.4 Å². The van der Waals surface area contributed by atoms with Crippen molar-refractivity contribution in [3.63, 3.8) is 0 Å². The second kappa shape index (κ2) is 7.93. The van der Waals surface area contributed by atoms with Crippen LogP contribution in [0.25, 0.3) is 0 Å². The number of ether oxygens (including phenoxy) is 2. The average Bonchev–Trinajstić information content (AvgIpc) is 3.03. The molecule has 1 N–H and O–H groups in total. The van der Waals surface area contributed by atoms with Gasteiger partial charge in [-0.2, -0.15) is 0 Å². The van der Waals surface area contributed by atoms with Crippen LogP contribution in [0.5, 0.6) is 0 Å². The van der Waals surface area contributed by atoms with Gasteiger partial charge in [-0.3, -0.25) is 14.6 Å². The van der Waals surface area contributed by atoms with E-state index in [4.69, 9.17) is 9.47 Å². The highest BCUT2D eigenvalue weighted by molar-refractivity contribution is 5.93. The minimum absolute atomic E-state index is 0.0210. The van der Waals surface area contributed by atoms with Gasteiger partial charge in [-0.15, -0.1) is 0 Å². The molecule has 1 aromatic rings. The summed E-state index contributed by atoms with van der Waals surface area (Å²) in [5, 5.41) is 2.95. The van der Waals surface area contributed by atoms with Crippen LogP contribution < -0.4 is 5.32 Å². The summed E-state index contributed by atoms with van der Waals surface area (Å²) in [7, 11) is 0. The van der Waals surface area contributed by atoms with Gasteiger partial charge < -0.3 is 19.7 Å². The maximum atomic E-state index is 12.1. The summed E-state index contributed by atoms with van der Waals surface area (Å²) in [6.45, 7) is 5.13. The topological polar surface area (TPSA) is 80.8 Å². The summed E-state index contributed by atoms with van der Waals surface area (Å²) in [5.41, 5.74) is 0.382. The van der Waals surface area contributed by atoms with Gasteiger partial charge in [0.15, 0.2) is 0 Å². The van der Waals surface area contributed by atoms with Crippen LogP contribution in [0.4, 0.5) is 0 Å². The first-order valence-electron chi connectivity index (χ1n) is 8.82. The summed E-state index contributed by atoms with van der Waals surface area (Å²) in [5.74, 6) is 0.298. The fraction of sp³-hybridized carbons (Fsp3) is 0.611. The molecule has 2 saturated heterocycles. The van der Waals surface area contributed by atoms with Gasteiger partial charge in [0, 0.05) is 37.7 Å². The van der Waals surface area contributed by atoms with E-state index < -0.39 is 0 Å². The van der Waals surface area contributed by atoms with E-state index in [0.29, 0.717) is 37.7 Å². The van der Waals surface area contributed by atoms with Crippen LogP contribution >= 0.6 is 0 Å². The third-order valence-electron chi connectivity index (χ3n) is 5.02. The summed E-state index contributed by atoms with van der Waals surface area (Å²) in [6, 6.07) is 3.40. The minimum atomic E-state index is -0.233. The highest BCUT2D eigenvalue weighted by atomic mass is 16.5. The Morgan fingerprint density at radius 3 is 2.88 bits per heavy atom. The van der Waals surface area contributed by atoms with Gasteiger partial charge in [0.25, 0.3) is 5.91 Å². The lowest BCUT2D eigenvalue weighted by atomic mass is 9.79. The first-order chi connectivity index (χ1) is 12.1. The molecule has 0 aliphatic carbocycles. The molecule has 0 saturated carbocycles. The number of likely N-dealkylation sites (tertiary alicyclic amines) is 1. The molecule has 136 valence electrons. The summed E-state index contributed by atoms with van der Waals surface area (Å²) >= 11 is 0. The molecule has 2 aliphatic rings. The molecule has 7 heteroatoms. The summed E-state index contributed by atoms with van der Waals surface area (Å²) in [6.07, 6.45) is 5.04. The van der Waals surface area contributed by atoms with Gasteiger partial charge >= 0.3 is 0 Å². The molecule has 25 heavy (non-hydrogen) atoms. The predicted molar refractivity (Wildman–Crippen MR) is 91.1 cm³/mol. The van der Waals surface area contributed by atoms with E-state index in [2.05, 4.69) is 10.3 Å². The fourth-order valence-corrected chi connectivity index (χ4v) is 3.56. The normalized spacial score (nSPS) is 21.2. The number of nitrogens with zero attached hydrogens (tertiary/aromatic N) is 2. The zero-order valence-electron chi connectivity index (χ0n) is 14.6. The van der Waals surface area contributed by atoms with Crippen molar-refractivity contribution in [1.82, 2.24) is 15.2 Å². The number of carbonyl (C=O) groups excluding carboxylic acids is 2. The molecule has 0 bridgehead atoms. The Kier molecular flexibility index (Phi) is 5.65. The molecule has 1 atom stereocenters. The SMILES string of the molecule is CCOCC(=O)N1CC2(C1)OCCC2CCNC(=O)c1ccncc1. The maximum Gasteiger partial charge on any atom is 0.251 e. The van der Waals surface area contributed by atoms with Crippen LogP contribution in [0, 0.1) is 5.92 Å². The lowest BCUT2D eigenvalue weighted by molar-refractivity contribution is -0.169. The molecule has 0 radical (unpaired) electrons. The maximum absolute atomic E-state index is 12.1. The van der Waals surface area contributed by atoms with Crippen molar-refractivity contribution in [2.75, 3.05) is 39.5 Å². The van der Waals surface area contributed by atoms with Crippen LogP contribution in [-0.4, -0.2) is 66.8 Å². The van der Waals surface area contributed by atoms with Crippen LogP contribution in [0.1, 0.15) is 30.1 Å². The molecule has 1 aromatic heterocycles. The second-order valence-electron chi connectivity index (χ2n) is 6.57. The highest BCUT2D eigenvalue weighted by Gasteiger charge is 2.53. The van der Waals surface area contributed by atoms with Gasteiger partial charge in [-0.1, -0.05) is 0 Å². The Hall–Kier alpha value is -1.99. The molecular weight excluding hydrogens is 322 g/mol. The van der Waals surface area contributed by atoms with Crippen molar-refractivity contribution >= 4 is 11.8 Å². The molecular formula is C18H25N3O4. The Bertz CT molecular complexity index is 602. The lowest BCUT2D eigenvalue weighted by Gasteiger charge is -2.50. The number of pyridine rings is 1. The van der Waals surface area contributed by atoms with E-state index in [9.17, 15) is 9.59 Å². The molecule has 0 aromatic carbocycles. The Labute approximate surface area is 147 Å². The van der Waals surface area contributed by atoms with E-state index in [1.807, 2.05) is 6.92 Å². The number of hydrogen-bond acceptors (Lipinski definition) is 5. The largest absolute Gasteiger partial charge is 0.372 e. The van der Waals surface area contributed by atoms with Crippen molar-refractivity contribution in [3.05, 3.63) is 30.1 Å². The van der Waals surface area contributed by atoms with Crippen LogP contribution in [0.2, 0.25) is 0 Å². The number of rotatable bonds is 7. The third-order valence-corrected chi connectivity index (χ3v) is 5.02. The zero-order chi connectivity index (χ0) is 17.7. The van der Waals surface area contributed by atoms with E-state index in [1.165, 1.54) is 0 Å². The molecule has 3 rings (SSSR count). The van der Waals surface area contributed by atoms with E-state index in [0.717, 1.165) is 19.4 Å². The Morgan fingerprint density at radius 1 is 1.40 bits per heavy atom. The monoisotopic (exact) mass is 347 g/mol. The highest BCUT2D eigenvalue weighted by Crippen LogP contribution is 2.41. The molecule has 2 fully saturated rings. The van der Waals surface area contributed by atoms with Crippen molar-refractivity contribution in [3.8, 4) is 0 Å². The molecule has 2 aliphatic heterocycles. The van der Waals surface area contributed by atoms with Crippen LogP contribution in [-0.2, 0) is 14.3 Å². The zero-order valence-corrected chi connectivity index (χ0v) is 14.6. The number of amides is 2. The van der Waals surface area contributed by atoms with Crippen LogP contribution in [0.3, 0.4) is 0 Å². The van der Waals surface area contributed by atoms with Crippen LogP contribution in [0.15, 0.2) is 24.5 Å². The molecule has 2 amide bonds. The standard InChI is InChI=1S/C18H25N3O4/c1-2-24-11-16(22)21-12-18(13-21)15(6-10-25-18)5-9-20-17(23)14-3-7-19-8-4-14/h3-4,7-8,15H,2,5-6,9-13H2,1H3,(H,20,23). The second-order valence-corrected chi connectivity index (χ2v) is 6.57. The number of nitrogens with one attached hydrogen (secondary N) is 1. The Morgan fingerprint density at radius 2 is 2.16 bits per heavy atom. The van der Waals surface area contributed by atoms with E-state index in [-0.39, 0.29) is 24.0 Å². The summed E-state index contributed by atoms with van der Waals surface area (Å²) in [4.78, 5) is 29.7. The average molecular weight is 347 g/mol. The predicted octanol–water partition coefficient (Wildman–Crippen LogP) is 0.856. The molecule has 3 heterocycles. The smallest absolute Gasteiger partial charge is 0.251 e. The van der Waals surface area contributed by atoms with E-state index >= 15 is 0 Å². The van der Waals surface area contributed by atoms with Gasteiger partial charge in [0.05, 0.1) is 13.1 Å². The number of aromatic nitrogens is 1. The first kappa shape index (κ1) is 17.8. The van der Waals surface area contributed by atoms with Gasteiger partial charge in [0.1, 0.15) is 12.2 Å². The third kappa shape index (κ3) is 3.99. The van der Waals surface area contributed by atoms with Crippen molar-refractivity contribution in [2.24, 2.45) is 5.92 Å². The van der Waals surface area contributed by atoms with Crippen molar-refractivity contribution < 1.29 is 19.1 Å². The van der Waals surface area contributed by atoms with Crippen molar-refractivity contribution in [2.45, 2.75) is 25.4 Å². The Balaban J connectivity index is 1.44. The molecule has 1 spiro atoms. The minimum Gasteiger partial charge on any atom is -0.372 e. The number of carbonyl (C=O) groups is 2. The van der Waals surface area contributed by atoms with Crippen molar-refractivity contribution in [1.29, 1.82) is 0 Å².